The third kappa shape index (κ3) is 5.21. The maximum absolute atomic E-state index is 6.54. The highest BCUT2D eigenvalue weighted by Gasteiger charge is 2.39. The van der Waals surface area contributed by atoms with Crippen LogP contribution in [0.2, 0.25) is 18.1 Å². The van der Waals surface area contributed by atoms with Crippen molar-refractivity contribution in [1.82, 2.24) is 15.0 Å². The number of benzene rings is 1. The Kier molecular flexibility index (Phi) is 6.69. The summed E-state index contributed by atoms with van der Waals surface area (Å²) in [5.74, 6) is 2.95. The highest BCUT2D eigenvalue weighted by molar-refractivity contribution is 6.74. The van der Waals surface area contributed by atoms with E-state index in [1.54, 1.807) is 0 Å². The van der Waals surface area contributed by atoms with Crippen molar-refractivity contribution < 1.29 is 13.9 Å². The highest BCUT2D eigenvalue weighted by Crippen LogP contribution is 2.38. The summed E-state index contributed by atoms with van der Waals surface area (Å²) in [7, 11) is -1.94. The molecule has 2 fully saturated rings. The first-order valence-corrected chi connectivity index (χ1v) is 14.3. The van der Waals surface area contributed by atoms with E-state index in [9.17, 15) is 0 Å². The summed E-state index contributed by atoms with van der Waals surface area (Å²) < 4.78 is 17.6. The van der Waals surface area contributed by atoms with E-state index in [1.165, 1.54) is 0 Å². The van der Waals surface area contributed by atoms with Gasteiger partial charge in [0.05, 0.1) is 26.4 Å². The molecule has 2 aliphatic heterocycles. The van der Waals surface area contributed by atoms with Gasteiger partial charge in [-0.05, 0) is 30.3 Å². The molecular formula is C23H35N5O3Si. The molecule has 32 heavy (non-hydrogen) atoms. The molecule has 0 saturated carbocycles. The summed E-state index contributed by atoms with van der Waals surface area (Å²) in [6.07, 6.45) is 0. The molecule has 0 radical (unpaired) electrons. The lowest BCUT2D eigenvalue weighted by Gasteiger charge is -2.36. The summed E-state index contributed by atoms with van der Waals surface area (Å²) in [5.41, 5.74) is 0.938. The Labute approximate surface area is 192 Å². The molecule has 0 amide bonds. The summed E-state index contributed by atoms with van der Waals surface area (Å²) in [4.78, 5) is 18.9. The molecule has 0 aliphatic carbocycles. The fourth-order valence-corrected chi connectivity index (χ4v) is 4.46. The fourth-order valence-electron chi connectivity index (χ4n) is 3.44. The number of nitrogens with zero attached hydrogens (tertiary/aromatic N) is 5. The van der Waals surface area contributed by atoms with Gasteiger partial charge in [-0.3, -0.25) is 0 Å². The Morgan fingerprint density at radius 2 is 1.38 bits per heavy atom. The smallest absolute Gasteiger partial charge is 0.250 e. The van der Waals surface area contributed by atoms with E-state index in [4.69, 9.17) is 28.9 Å². The Balaban J connectivity index is 1.69. The average molecular weight is 458 g/mol. The quantitative estimate of drug-likeness (QED) is 0.631. The zero-order valence-electron chi connectivity index (χ0n) is 19.9. The Morgan fingerprint density at radius 1 is 0.844 bits per heavy atom. The number of ether oxygens (including phenoxy) is 2. The van der Waals surface area contributed by atoms with Crippen molar-refractivity contribution in [2.75, 3.05) is 62.4 Å². The van der Waals surface area contributed by atoms with Crippen LogP contribution in [0.3, 0.4) is 0 Å². The van der Waals surface area contributed by atoms with E-state index in [0.717, 1.165) is 37.5 Å². The van der Waals surface area contributed by atoms with Gasteiger partial charge in [0.2, 0.25) is 20.2 Å². The largest absolute Gasteiger partial charge is 0.543 e. The first-order valence-electron chi connectivity index (χ1n) is 11.4. The molecule has 8 nitrogen and oxygen atoms in total. The molecular weight excluding hydrogens is 422 g/mol. The molecule has 2 aliphatic rings. The predicted molar refractivity (Wildman–Crippen MR) is 129 cm³/mol. The van der Waals surface area contributed by atoms with Crippen LogP contribution in [0.1, 0.15) is 20.8 Å². The van der Waals surface area contributed by atoms with Crippen LogP contribution in [0.4, 0.5) is 11.9 Å². The second-order valence-corrected chi connectivity index (χ2v) is 14.6. The maximum atomic E-state index is 6.54. The SMILES string of the molecule is CC(C)(C)[Si](C)(C)Oc1cccc(-c2nc(N3CCOCC3)nc(N3CCOCC3)n2)c1. The molecule has 4 rings (SSSR count). The van der Waals surface area contributed by atoms with E-state index in [0.29, 0.717) is 44.1 Å². The van der Waals surface area contributed by atoms with E-state index in [2.05, 4.69) is 49.7 Å². The van der Waals surface area contributed by atoms with Gasteiger partial charge in [0.25, 0.3) is 0 Å². The zero-order chi connectivity index (χ0) is 22.8. The molecule has 2 saturated heterocycles. The molecule has 3 heterocycles. The molecule has 0 atom stereocenters. The van der Waals surface area contributed by atoms with E-state index in [-0.39, 0.29) is 5.04 Å². The maximum Gasteiger partial charge on any atom is 0.250 e. The molecule has 2 aromatic rings. The Bertz CT molecular complexity index is 886. The Morgan fingerprint density at radius 3 is 1.88 bits per heavy atom. The van der Waals surface area contributed by atoms with Crippen LogP contribution in [-0.4, -0.2) is 75.9 Å². The van der Waals surface area contributed by atoms with Gasteiger partial charge in [-0.1, -0.05) is 32.9 Å². The van der Waals surface area contributed by atoms with Crippen molar-refractivity contribution in [2.45, 2.75) is 38.9 Å². The lowest BCUT2D eigenvalue weighted by molar-refractivity contribution is 0.121. The van der Waals surface area contributed by atoms with E-state index < -0.39 is 8.32 Å². The minimum Gasteiger partial charge on any atom is -0.543 e. The van der Waals surface area contributed by atoms with Gasteiger partial charge in [0, 0.05) is 31.7 Å². The van der Waals surface area contributed by atoms with Crippen molar-refractivity contribution in [2.24, 2.45) is 0 Å². The molecule has 0 bridgehead atoms. The van der Waals surface area contributed by atoms with Crippen LogP contribution in [0.5, 0.6) is 5.75 Å². The van der Waals surface area contributed by atoms with E-state index in [1.807, 2.05) is 18.2 Å². The summed E-state index contributed by atoms with van der Waals surface area (Å²) in [6.45, 7) is 17.1. The topological polar surface area (TPSA) is 72.8 Å². The predicted octanol–water partition coefficient (Wildman–Crippen LogP) is 3.60. The van der Waals surface area contributed by atoms with Gasteiger partial charge in [0.1, 0.15) is 5.75 Å². The van der Waals surface area contributed by atoms with Crippen LogP contribution in [0, 0.1) is 0 Å². The number of morpholine rings is 2. The van der Waals surface area contributed by atoms with Crippen LogP contribution in [0.15, 0.2) is 24.3 Å². The minimum atomic E-state index is -1.94. The molecule has 1 aromatic carbocycles. The van der Waals surface area contributed by atoms with Crippen LogP contribution in [-0.2, 0) is 9.47 Å². The Hall–Kier alpha value is -2.23. The molecule has 9 heteroatoms. The minimum absolute atomic E-state index is 0.128. The summed E-state index contributed by atoms with van der Waals surface area (Å²) >= 11 is 0. The summed E-state index contributed by atoms with van der Waals surface area (Å²) in [6, 6.07) is 8.14. The van der Waals surface area contributed by atoms with Gasteiger partial charge < -0.3 is 23.7 Å². The normalized spacial score (nSPS) is 18.0. The van der Waals surface area contributed by atoms with Gasteiger partial charge in [-0.15, -0.1) is 0 Å². The first-order chi connectivity index (χ1) is 15.2. The van der Waals surface area contributed by atoms with Crippen molar-refractivity contribution in [3.05, 3.63) is 24.3 Å². The van der Waals surface area contributed by atoms with Gasteiger partial charge in [0.15, 0.2) is 5.82 Å². The molecule has 0 N–H and O–H groups in total. The number of aromatic nitrogens is 3. The third-order valence-corrected chi connectivity index (χ3v) is 10.8. The second kappa shape index (κ2) is 9.33. The standard InChI is InChI=1S/C23H35N5O3Si/c1-23(2,3)32(4,5)31-19-8-6-7-18(17-19)20-24-21(27-9-13-29-14-10-27)26-22(25-20)28-11-15-30-16-12-28/h6-8,17H,9-16H2,1-5H3. The first kappa shape index (κ1) is 22.9. The zero-order valence-corrected chi connectivity index (χ0v) is 20.9. The average Bonchev–Trinajstić information content (AvgIpc) is 2.79. The van der Waals surface area contributed by atoms with Gasteiger partial charge >= 0.3 is 0 Å². The number of anilines is 2. The van der Waals surface area contributed by atoms with Crippen LogP contribution in [0.25, 0.3) is 11.4 Å². The fraction of sp³-hybridized carbons (Fsp3) is 0.609. The lowest BCUT2D eigenvalue weighted by atomic mass is 10.2. The van der Waals surface area contributed by atoms with E-state index >= 15 is 0 Å². The monoisotopic (exact) mass is 457 g/mol. The van der Waals surface area contributed by atoms with Crippen LogP contribution < -0.4 is 14.2 Å². The van der Waals surface area contributed by atoms with Crippen LogP contribution >= 0.6 is 0 Å². The van der Waals surface area contributed by atoms with Crippen molar-refractivity contribution >= 4 is 20.2 Å². The molecule has 0 unspecified atom stereocenters. The second-order valence-electron chi connectivity index (χ2n) is 9.85. The van der Waals surface area contributed by atoms with Gasteiger partial charge in [-0.2, -0.15) is 15.0 Å². The molecule has 0 spiro atoms. The number of rotatable bonds is 5. The third-order valence-electron chi connectivity index (χ3n) is 6.47. The highest BCUT2D eigenvalue weighted by atomic mass is 28.4. The number of hydrogen-bond donors (Lipinski definition) is 0. The lowest BCUT2D eigenvalue weighted by Crippen LogP contribution is -2.43. The summed E-state index contributed by atoms with van der Waals surface area (Å²) in [5, 5.41) is 0.128. The molecule has 174 valence electrons. The molecule has 1 aromatic heterocycles. The van der Waals surface area contributed by atoms with Crippen molar-refractivity contribution in [1.29, 1.82) is 0 Å². The van der Waals surface area contributed by atoms with Crippen molar-refractivity contribution in [3.8, 4) is 17.1 Å². The van der Waals surface area contributed by atoms with Crippen molar-refractivity contribution in [3.63, 3.8) is 0 Å². The number of hydrogen-bond acceptors (Lipinski definition) is 8. The van der Waals surface area contributed by atoms with Gasteiger partial charge in [-0.25, -0.2) is 0 Å².